The first-order chi connectivity index (χ1) is 16.1. The van der Waals surface area contributed by atoms with E-state index in [0.717, 1.165) is 54.3 Å². The van der Waals surface area contributed by atoms with Crippen LogP contribution in [0, 0.1) is 23.1 Å². The van der Waals surface area contributed by atoms with Crippen molar-refractivity contribution in [3.05, 3.63) is 54.0 Å². The lowest BCUT2D eigenvalue weighted by molar-refractivity contribution is 0.393. The van der Waals surface area contributed by atoms with Gasteiger partial charge in [-0.2, -0.15) is 5.26 Å². The molecule has 8 heteroatoms. The van der Waals surface area contributed by atoms with Crippen LogP contribution in [0.25, 0.3) is 33.5 Å². The van der Waals surface area contributed by atoms with Crippen LogP contribution in [-0.4, -0.2) is 38.1 Å². The molecule has 3 heterocycles. The highest BCUT2D eigenvalue weighted by atomic mass is 19.1. The summed E-state index contributed by atoms with van der Waals surface area (Å²) in [6, 6.07) is 12.3. The van der Waals surface area contributed by atoms with Gasteiger partial charge in [0, 0.05) is 31.3 Å². The number of hydrogen-bond acceptors (Lipinski definition) is 6. The number of aryl methyl sites for hydroxylation is 1. The molecule has 0 N–H and O–H groups in total. The van der Waals surface area contributed by atoms with Gasteiger partial charge in [-0.05, 0) is 43.0 Å². The molecule has 1 aliphatic rings. The van der Waals surface area contributed by atoms with Crippen LogP contribution < -0.4 is 4.90 Å². The predicted octanol–water partition coefficient (Wildman–Crippen LogP) is 4.73. The lowest BCUT2D eigenvalue weighted by Gasteiger charge is -2.32. The Labute approximate surface area is 191 Å². The van der Waals surface area contributed by atoms with E-state index in [1.54, 1.807) is 16.9 Å². The average Bonchev–Trinajstić information content (AvgIpc) is 3.23. The summed E-state index contributed by atoms with van der Waals surface area (Å²) in [7, 11) is 1.84. The first-order valence-corrected chi connectivity index (χ1v) is 11.2. The highest BCUT2D eigenvalue weighted by Crippen LogP contribution is 2.33. The van der Waals surface area contributed by atoms with Gasteiger partial charge in [-0.1, -0.05) is 30.7 Å². The minimum atomic E-state index is -0.568. The zero-order chi connectivity index (χ0) is 22.9. The number of benzene rings is 2. The molecule has 0 aliphatic carbocycles. The van der Waals surface area contributed by atoms with E-state index in [1.165, 1.54) is 18.6 Å². The van der Waals surface area contributed by atoms with Crippen LogP contribution in [0.3, 0.4) is 0 Å². The van der Waals surface area contributed by atoms with Crippen molar-refractivity contribution in [2.75, 3.05) is 18.0 Å². The predicted molar refractivity (Wildman–Crippen MR) is 125 cm³/mol. The quantitative estimate of drug-likeness (QED) is 0.455. The minimum absolute atomic E-state index is 0.00651. The Bertz CT molecular complexity index is 1360. The zero-order valence-electron chi connectivity index (χ0n) is 18.7. The second-order valence-electron chi connectivity index (χ2n) is 8.49. The van der Waals surface area contributed by atoms with Gasteiger partial charge in [0.15, 0.2) is 0 Å². The fourth-order valence-corrected chi connectivity index (χ4v) is 4.46. The number of hydrogen-bond donors (Lipinski definition) is 0. The maximum atomic E-state index is 14.5. The first kappa shape index (κ1) is 21.0. The molecule has 5 rings (SSSR count). The summed E-state index contributed by atoms with van der Waals surface area (Å²) in [5.74, 6) is 0.967. The standard InChI is InChI=1S/C25H24FN7/c1-3-16-8-10-33(11-9-16)23-15-28-24(18-6-7-22-21(13-18)30-31-32(22)2)25(29-23)17-4-5-19(14-27)20(26)12-17/h4-7,12-13,15-16H,3,8-11H2,1-2H3. The molecule has 0 amide bonds. The zero-order valence-corrected chi connectivity index (χ0v) is 18.7. The molecule has 1 aliphatic heterocycles. The Morgan fingerprint density at radius 3 is 2.58 bits per heavy atom. The van der Waals surface area contributed by atoms with Gasteiger partial charge in [-0.25, -0.2) is 14.1 Å². The van der Waals surface area contributed by atoms with Gasteiger partial charge in [0.2, 0.25) is 0 Å². The van der Waals surface area contributed by atoms with Gasteiger partial charge in [-0.15, -0.1) is 5.10 Å². The smallest absolute Gasteiger partial charge is 0.147 e. The summed E-state index contributed by atoms with van der Waals surface area (Å²) in [6.07, 6.45) is 5.25. The van der Waals surface area contributed by atoms with Gasteiger partial charge in [0.1, 0.15) is 23.2 Å². The molecular formula is C25H24FN7. The van der Waals surface area contributed by atoms with Crippen LogP contribution in [0.15, 0.2) is 42.6 Å². The van der Waals surface area contributed by atoms with Crippen LogP contribution in [0.1, 0.15) is 31.7 Å². The Kier molecular flexibility index (Phi) is 5.47. The van der Waals surface area contributed by atoms with E-state index < -0.39 is 5.82 Å². The molecule has 0 spiro atoms. The van der Waals surface area contributed by atoms with Gasteiger partial charge >= 0.3 is 0 Å². The molecule has 0 atom stereocenters. The van der Waals surface area contributed by atoms with Crippen molar-refractivity contribution >= 4 is 16.9 Å². The number of rotatable bonds is 4. The number of anilines is 1. The van der Waals surface area contributed by atoms with Crippen molar-refractivity contribution in [1.29, 1.82) is 5.26 Å². The Balaban J connectivity index is 1.61. The van der Waals surface area contributed by atoms with Crippen molar-refractivity contribution < 1.29 is 4.39 Å². The van der Waals surface area contributed by atoms with Gasteiger partial charge in [-0.3, -0.25) is 4.98 Å². The maximum absolute atomic E-state index is 14.5. The van der Waals surface area contributed by atoms with Crippen molar-refractivity contribution in [2.45, 2.75) is 26.2 Å². The summed E-state index contributed by atoms with van der Waals surface area (Å²) < 4.78 is 16.2. The van der Waals surface area contributed by atoms with Crippen LogP contribution >= 0.6 is 0 Å². The molecule has 7 nitrogen and oxygen atoms in total. The van der Waals surface area contributed by atoms with E-state index in [0.29, 0.717) is 17.0 Å². The minimum Gasteiger partial charge on any atom is -0.355 e. The molecule has 33 heavy (non-hydrogen) atoms. The number of piperidine rings is 1. The normalized spacial score (nSPS) is 14.5. The van der Waals surface area contributed by atoms with Gasteiger partial charge < -0.3 is 4.90 Å². The number of nitrogens with zero attached hydrogens (tertiary/aromatic N) is 7. The van der Waals surface area contributed by atoms with Crippen LogP contribution in [0.5, 0.6) is 0 Å². The molecule has 0 saturated carbocycles. The van der Waals surface area contributed by atoms with E-state index in [2.05, 4.69) is 22.1 Å². The third kappa shape index (κ3) is 3.91. The monoisotopic (exact) mass is 441 g/mol. The summed E-state index contributed by atoms with van der Waals surface area (Å²) >= 11 is 0. The summed E-state index contributed by atoms with van der Waals surface area (Å²) in [5, 5.41) is 17.4. The second-order valence-corrected chi connectivity index (χ2v) is 8.49. The van der Waals surface area contributed by atoms with Gasteiger partial charge in [0.05, 0.1) is 28.7 Å². The molecule has 0 bridgehead atoms. The Morgan fingerprint density at radius 2 is 1.85 bits per heavy atom. The molecule has 1 saturated heterocycles. The summed E-state index contributed by atoms with van der Waals surface area (Å²) in [4.78, 5) is 12.0. The fraction of sp³-hybridized carbons (Fsp3) is 0.320. The van der Waals surface area contributed by atoms with E-state index in [9.17, 15) is 4.39 Å². The molecule has 0 unspecified atom stereocenters. The first-order valence-electron chi connectivity index (χ1n) is 11.2. The van der Waals surface area contributed by atoms with E-state index in [4.69, 9.17) is 15.2 Å². The number of nitriles is 1. The van der Waals surface area contributed by atoms with E-state index >= 15 is 0 Å². The number of halogens is 1. The summed E-state index contributed by atoms with van der Waals surface area (Å²) in [6.45, 7) is 4.10. The molecular weight excluding hydrogens is 417 g/mol. The van der Waals surface area contributed by atoms with Crippen molar-refractivity contribution in [3.63, 3.8) is 0 Å². The second kappa shape index (κ2) is 8.58. The van der Waals surface area contributed by atoms with Crippen molar-refractivity contribution in [2.24, 2.45) is 13.0 Å². The Hall–Kier alpha value is -3.86. The largest absolute Gasteiger partial charge is 0.355 e. The van der Waals surface area contributed by atoms with Crippen LogP contribution in [-0.2, 0) is 7.05 Å². The molecule has 1 fully saturated rings. The van der Waals surface area contributed by atoms with Gasteiger partial charge in [0.25, 0.3) is 0 Å². The van der Waals surface area contributed by atoms with Crippen LogP contribution in [0.2, 0.25) is 0 Å². The maximum Gasteiger partial charge on any atom is 0.147 e. The fourth-order valence-electron chi connectivity index (χ4n) is 4.46. The van der Waals surface area contributed by atoms with Crippen molar-refractivity contribution in [3.8, 4) is 28.6 Å². The number of fused-ring (bicyclic) bond motifs is 1. The van der Waals surface area contributed by atoms with E-state index in [-0.39, 0.29) is 5.56 Å². The molecule has 2 aromatic heterocycles. The van der Waals surface area contributed by atoms with E-state index in [1.807, 2.05) is 31.3 Å². The highest BCUT2D eigenvalue weighted by Gasteiger charge is 2.22. The third-order valence-electron chi connectivity index (χ3n) is 6.52. The molecule has 2 aromatic carbocycles. The highest BCUT2D eigenvalue weighted by molar-refractivity contribution is 5.85. The number of aromatic nitrogens is 5. The average molecular weight is 442 g/mol. The lowest BCUT2D eigenvalue weighted by Crippen LogP contribution is -2.34. The third-order valence-corrected chi connectivity index (χ3v) is 6.52. The molecule has 0 radical (unpaired) electrons. The SMILES string of the molecule is CCC1CCN(c2cnc(-c3ccc4c(c3)nnn4C)c(-c3ccc(C#N)c(F)c3)n2)CC1. The topological polar surface area (TPSA) is 83.5 Å². The molecule has 166 valence electrons. The Morgan fingerprint density at radius 1 is 1.09 bits per heavy atom. The van der Waals surface area contributed by atoms with Crippen molar-refractivity contribution in [1.82, 2.24) is 25.0 Å². The van der Waals surface area contributed by atoms with Crippen LogP contribution in [0.4, 0.5) is 10.2 Å². The molecule has 4 aromatic rings. The lowest BCUT2D eigenvalue weighted by atomic mass is 9.94. The summed E-state index contributed by atoms with van der Waals surface area (Å²) in [5.41, 5.74) is 4.29.